The van der Waals surface area contributed by atoms with Crippen molar-refractivity contribution >= 4 is 6.47 Å². The van der Waals surface area contributed by atoms with Crippen LogP contribution in [0.3, 0.4) is 0 Å². The molecule has 0 aliphatic rings. The van der Waals surface area contributed by atoms with Gasteiger partial charge >= 0.3 is 0 Å². The molecule has 0 radical (unpaired) electrons. The van der Waals surface area contributed by atoms with Gasteiger partial charge in [0.25, 0.3) is 6.47 Å². The average molecular weight is 256 g/mol. The van der Waals surface area contributed by atoms with Gasteiger partial charge in [-0.25, -0.2) is 0 Å². The Morgan fingerprint density at radius 1 is 0.833 bits per heavy atom. The van der Waals surface area contributed by atoms with Crippen LogP contribution in [0.5, 0.6) is 0 Å². The summed E-state index contributed by atoms with van der Waals surface area (Å²) in [7, 11) is 0. The van der Waals surface area contributed by atoms with E-state index in [0.717, 1.165) is 12.8 Å². The Morgan fingerprint density at radius 3 is 1.78 bits per heavy atom. The summed E-state index contributed by atoms with van der Waals surface area (Å²) < 4.78 is 4.99. The van der Waals surface area contributed by atoms with Crippen LogP contribution in [0.25, 0.3) is 0 Å². The van der Waals surface area contributed by atoms with Crippen molar-refractivity contribution in [3.05, 3.63) is 0 Å². The summed E-state index contributed by atoms with van der Waals surface area (Å²) in [6, 6.07) is 0. The summed E-state index contributed by atoms with van der Waals surface area (Å²) >= 11 is 0. The van der Waals surface area contributed by atoms with Crippen molar-refractivity contribution in [1.29, 1.82) is 0 Å². The smallest absolute Gasteiger partial charge is 0.293 e. The normalized spacial score (nSPS) is 12.3. The van der Waals surface area contributed by atoms with E-state index in [0.29, 0.717) is 6.47 Å². The van der Waals surface area contributed by atoms with Crippen LogP contribution in [0.1, 0.15) is 90.9 Å². The Bertz CT molecular complexity index is 168. The first-order chi connectivity index (χ1) is 8.85. The van der Waals surface area contributed by atoms with Crippen molar-refractivity contribution in [2.45, 2.75) is 97.0 Å². The minimum Gasteiger partial charge on any atom is -0.465 e. The summed E-state index contributed by atoms with van der Waals surface area (Å²) in [5, 5.41) is 0. The second kappa shape index (κ2) is 14.5. The molecule has 2 nitrogen and oxygen atoms in total. The monoisotopic (exact) mass is 256 g/mol. The number of rotatable bonds is 14. The van der Waals surface area contributed by atoms with Crippen molar-refractivity contribution in [2.75, 3.05) is 0 Å². The van der Waals surface area contributed by atoms with Gasteiger partial charge in [0.1, 0.15) is 6.10 Å². The van der Waals surface area contributed by atoms with E-state index in [9.17, 15) is 4.79 Å². The third kappa shape index (κ3) is 11.9. The standard InChI is InChI=1S/C16H32O2/c1-3-5-6-7-8-9-10-11-12-13-14-16(4-2)18-15-17/h15-16H,3-14H2,1-2H3. The molecule has 0 aliphatic carbocycles. The van der Waals surface area contributed by atoms with Crippen LogP contribution >= 0.6 is 0 Å². The van der Waals surface area contributed by atoms with Crippen LogP contribution < -0.4 is 0 Å². The number of carbonyl (C=O) groups is 1. The van der Waals surface area contributed by atoms with Crippen LogP contribution in [0, 0.1) is 0 Å². The minimum absolute atomic E-state index is 0.150. The van der Waals surface area contributed by atoms with Crippen LogP contribution in [0.4, 0.5) is 0 Å². The first kappa shape index (κ1) is 17.5. The maximum atomic E-state index is 10.2. The van der Waals surface area contributed by atoms with Crippen molar-refractivity contribution in [3.63, 3.8) is 0 Å². The molecule has 0 amide bonds. The summed E-state index contributed by atoms with van der Waals surface area (Å²) in [4.78, 5) is 10.2. The van der Waals surface area contributed by atoms with Gasteiger partial charge in [0, 0.05) is 0 Å². The number of carbonyl (C=O) groups excluding carboxylic acids is 1. The molecule has 1 unspecified atom stereocenters. The van der Waals surface area contributed by atoms with Crippen LogP contribution in [0.15, 0.2) is 0 Å². The molecule has 1 atom stereocenters. The first-order valence-corrected chi connectivity index (χ1v) is 7.94. The molecule has 2 heteroatoms. The topological polar surface area (TPSA) is 26.3 Å². The van der Waals surface area contributed by atoms with Gasteiger partial charge in [0.05, 0.1) is 0 Å². The molecule has 0 fully saturated rings. The SMILES string of the molecule is CCCCCCCCCCCCC(CC)OC=O. The molecule has 0 aromatic rings. The van der Waals surface area contributed by atoms with E-state index in [2.05, 4.69) is 13.8 Å². The van der Waals surface area contributed by atoms with Crippen LogP contribution in [-0.2, 0) is 9.53 Å². The molecule has 0 aliphatic heterocycles. The number of ether oxygens (including phenoxy) is 1. The highest BCUT2D eigenvalue weighted by Gasteiger charge is 2.05. The third-order valence-corrected chi connectivity index (χ3v) is 3.58. The lowest BCUT2D eigenvalue weighted by Gasteiger charge is -2.12. The summed E-state index contributed by atoms with van der Waals surface area (Å²) in [6.07, 6.45) is 15.7. The fourth-order valence-corrected chi connectivity index (χ4v) is 2.31. The minimum atomic E-state index is 0.150. The fraction of sp³-hybridized carbons (Fsp3) is 0.938. The number of hydrogen-bond donors (Lipinski definition) is 0. The van der Waals surface area contributed by atoms with Crippen molar-refractivity contribution in [2.24, 2.45) is 0 Å². The predicted molar refractivity (Wildman–Crippen MR) is 77.7 cm³/mol. The second-order valence-corrected chi connectivity index (χ2v) is 5.23. The van der Waals surface area contributed by atoms with Gasteiger partial charge in [0.15, 0.2) is 0 Å². The highest BCUT2D eigenvalue weighted by atomic mass is 16.5. The molecule has 0 spiro atoms. The largest absolute Gasteiger partial charge is 0.465 e. The second-order valence-electron chi connectivity index (χ2n) is 5.23. The van der Waals surface area contributed by atoms with E-state index in [1.165, 1.54) is 64.2 Å². The van der Waals surface area contributed by atoms with E-state index < -0.39 is 0 Å². The Morgan fingerprint density at radius 2 is 1.33 bits per heavy atom. The summed E-state index contributed by atoms with van der Waals surface area (Å²) in [6.45, 7) is 4.92. The summed E-state index contributed by atoms with van der Waals surface area (Å²) in [5.41, 5.74) is 0. The zero-order valence-corrected chi connectivity index (χ0v) is 12.5. The van der Waals surface area contributed by atoms with Gasteiger partial charge in [0.2, 0.25) is 0 Å². The molecular formula is C16H32O2. The van der Waals surface area contributed by atoms with Gasteiger partial charge in [-0.2, -0.15) is 0 Å². The lowest BCUT2D eigenvalue weighted by Crippen LogP contribution is -2.10. The van der Waals surface area contributed by atoms with Crippen molar-refractivity contribution < 1.29 is 9.53 Å². The number of hydrogen-bond acceptors (Lipinski definition) is 2. The fourth-order valence-electron chi connectivity index (χ4n) is 2.31. The van der Waals surface area contributed by atoms with E-state index in [-0.39, 0.29) is 6.10 Å². The van der Waals surface area contributed by atoms with Gasteiger partial charge < -0.3 is 4.74 Å². The molecule has 0 bridgehead atoms. The summed E-state index contributed by atoms with van der Waals surface area (Å²) in [5.74, 6) is 0. The zero-order chi connectivity index (χ0) is 13.5. The molecular weight excluding hydrogens is 224 g/mol. The van der Waals surface area contributed by atoms with E-state index in [1.807, 2.05) is 0 Å². The predicted octanol–water partition coefficient (Wildman–Crippen LogP) is 5.25. The van der Waals surface area contributed by atoms with Crippen molar-refractivity contribution in [1.82, 2.24) is 0 Å². The Hall–Kier alpha value is -0.530. The highest BCUT2D eigenvalue weighted by molar-refractivity contribution is 5.37. The maximum Gasteiger partial charge on any atom is 0.293 e. The Labute approximate surface area is 113 Å². The quantitative estimate of drug-likeness (QED) is 0.313. The third-order valence-electron chi connectivity index (χ3n) is 3.58. The van der Waals surface area contributed by atoms with Gasteiger partial charge in [-0.3, -0.25) is 4.79 Å². The van der Waals surface area contributed by atoms with E-state index in [1.54, 1.807) is 0 Å². The van der Waals surface area contributed by atoms with E-state index >= 15 is 0 Å². The molecule has 0 rings (SSSR count). The molecule has 0 saturated heterocycles. The molecule has 18 heavy (non-hydrogen) atoms. The van der Waals surface area contributed by atoms with E-state index in [4.69, 9.17) is 4.74 Å². The van der Waals surface area contributed by atoms with Gasteiger partial charge in [-0.1, -0.05) is 71.6 Å². The Balaban J connectivity index is 3.12. The first-order valence-electron chi connectivity index (χ1n) is 7.94. The molecule has 0 heterocycles. The van der Waals surface area contributed by atoms with Gasteiger partial charge in [-0.15, -0.1) is 0 Å². The van der Waals surface area contributed by atoms with Crippen LogP contribution in [0.2, 0.25) is 0 Å². The lowest BCUT2D eigenvalue weighted by atomic mass is 10.0. The maximum absolute atomic E-state index is 10.2. The average Bonchev–Trinajstić information content (AvgIpc) is 2.39. The van der Waals surface area contributed by atoms with Gasteiger partial charge in [-0.05, 0) is 19.3 Å². The molecule has 0 aromatic heterocycles. The zero-order valence-electron chi connectivity index (χ0n) is 12.5. The molecule has 0 saturated carbocycles. The van der Waals surface area contributed by atoms with Crippen molar-refractivity contribution in [3.8, 4) is 0 Å². The van der Waals surface area contributed by atoms with Crippen LogP contribution in [-0.4, -0.2) is 12.6 Å². The molecule has 108 valence electrons. The molecule has 0 N–H and O–H groups in total. The lowest BCUT2D eigenvalue weighted by molar-refractivity contribution is -0.134. The number of unbranched alkanes of at least 4 members (excludes halogenated alkanes) is 9. The highest BCUT2D eigenvalue weighted by Crippen LogP contribution is 2.13. The molecule has 0 aromatic carbocycles. The Kier molecular flexibility index (Phi) is 14.1.